The van der Waals surface area contributed by atoms with Crippen LogP contribution in [0.3, 0.4) is 0 Å². The number of carbonyl (C=O) groups is 1. The molecule has 11 heteroatoms. The standard InChI is InChI=1S/C37H37N5O6/c1-25(2)33(43)48-32-30(47-34(36(32)19-20-36)41-21-18-31(40-35(41)44)42-24-38-23-39-42)22-46-37(26-10-6-4-7-11-26,27-12-8-5-9-13-27)28-14-16-29(45-3)17-15-28/h4-18,21,23-25,30,32,34H,19-20,22H2,1-3H3. The molecule has 0 radical (unpaired) electrons. The Kier molecular flexibility index (Phi) is 8.40. The second-order valence-electron chi connectivity index (χ2n) is 12.5. The first-order valence-corrected chi connectivity index (χ1v) is 16.1. The van der Waals surface area contributed by atoms with Crippen LogP contribution in [0.2, 0.25) is 0 Å². The molecule has 5 aromatic rings. The molecule has 3 atom stereocenters. The van der Waals surface area contributed by atoms with E-state index in [4.69, 9.17) is 18.9 Å². The SMILES string of the molecule is COc1ccc(C(OCC2OC(n3ccc(-n4cncn4)nc3=O)C3(CC3)C2OC(=O)C(C)C)(c2ccccc2)c2ccccc2)cc1. The first-order chi connectivity index (χ1) is 23.4. The average Bonchev–Trinajstić information content (AvgIpc) is 3.61. The predicted molar refractivity (Wildman–Crippen MR) is 175 cm³/mol. The summed E-state index contributed by atoms with van der Waals surface area (Å²) in [5, 5.41) is 4.08. The quantitative estimate of drug-likeness (QED) is 0.143. The van der Waals surface area contributed by atoms with E-state index >= 15 is 0 Å². The highest BCUT2D eigenvalue weighted by atomic mass is 16.6. The Morgan fingerprint density at radius 1 is 0.958 bits per heavy atom. The molecule has 48 heavy (non-hydrogen) atoms. The van der Waals surface area contributed by atoms with Crippen LogP contribution in [-0.2, 0) is 24.6 Å². The van der Waals surface area contributed by atoms with Crippen molar-refractivity contribution >= 4 is 5.97 Å². The van der Waals surface area contributed by atoms with E-state index in [0.717, 1.165) is 22.4 Å². The van der Waals surface area contributed by atoms with Gasteiger partial charge >= 0.3 is 11.7 Å². The summed E-state index contributed by atoms with van der Waals surface area (Å²) in [6.45, 7) is 3.66. The van der Waals surface area contributed by atoms with Crippen molar-refractivity contribution in [2.45, 2.75) is 50.7 Å². The first kappa shape index (κ1) is 31.5. The largest absolute Gasteiger partial charge is 0.497 e. The van der Waals surface area contributed by atoms with Gasteiger partial charge in [-0.3, -0.25) is 9.36 Å². The molecule has 0 amide bonds. The van der Waals surface area contributed by atoms with Crippen molar-refractivity contribution in [3.63, 3.8) is 0 Å². The van der Waals surface area contributed by atoms with Gasteiger partial charge < -0.3 is 18.9 Å². The number of hydrogen-bond acceptors (Lipinski definition) is 9. The first-order valence-electron chi connectivity index (χ1n) is 16.1. The smallest absolute Gasteiger partial charge is 0.351 e. The Hall–Kier alpha value is -5.13. The average molecular weight is 648 g/mol. The van der Waals surface area contributed by atoms with Gasteiger partial charge in [0.05, 0.1) is 25.0 Å². The van der Waals surface area contributed by atoms with Crippen molar-refractivity contribution in [1.82, 2.24) is 24.3 Å². The number of carbonyl (C=O) groups excluding carboxylic acids is 1. The molecule has 11 nitrogen and oxygen atoms in total. The summed E-state index contributed by atoms with van der Waals surface area (Å²) >= 11 is 0. The Morgan fingerprint density at radius 3 is 2.15 bits per heavy atom. The fraction of sp³-hybridized carbons (Fsp3) is 0.324. The zero-order valence-corrected chi connectivity index (χ0v) is 27.0. The molecule has 1 aliphatic heterocycles. The van der Waals surface area contributed by atoms with Crippen molar-refractivity contribution in [3.8, 4) is 11.6 Å². The highest BCUT2D eigenvalue weighted by Gasteiger charge is 2.67. The van der Waals surface area contributed by atoms with Crippen LogP contribution in [0.5, 0.6) is 5.75 Å². The van der Waals surface area contributed by atoms with E-state index in [0.29, 0.717) is 18.7 Å². The lowest BCUT2D eigenvalue weighted by Crippen LogP contribution is -2.41. The summed E-state index contributed by atoms with van der Waals surface area (Å²) < 4.78 is 28.5. The van der Waals surface area contributed by atoms with E-state index in [1.54, 1.807) is 33.2 Å². The number of methoxy groups -OCH3 is 1. The Morgan fingerprint density at radius 2 is 1.60 bits per heavy atom. The summed E-state index contributed by atoms with van der Waals surface area (Å²) in [5.74, 6) is 0.384. The third kappa shape index (κ3) is 5.58. The van der Waals surface area contributed by atoms with Gasteiger partial charge in [0.1, 0.15) is 42.4 Å². The van der Waals surface area contributed by atoms with E-state index < -0.39 is 35.1 Å². The number of nitrogens with zero attached hydrogens (tertiary/aromatic N) is 5. The van der Waals surface area contributed by atoms with Gasteiger partial charge in [-0.15, -0.1) is 0 Å². The summed E-state index contributed by atoms with van der Waals surface area (Å²) in [5.41, 5.74) is 0.541. The molecule has 3 aromatic carbocycles. The number of hydrogen-bond donors (Lipinski definition) is 0. The van der Waals surface area contributed by atoms with Crippen LogP contribution in [0.4, 0.5) is 0 Å². The number of rotatable bonds is 11. The lowest BCUT2D eigenvalue weighted by atomic mass is 9.80. The molecule has 246 valence electrons. The van der Waals surface area contributed by atoms with Gasteiger partial charge in [-0.1, -0.05) is 86.6 Å². The second kappa shape index (κ2) is 12.8. The van der Waals surface area contributed by atoms with Gasteiger partial charge in [0.15, 0.2) is 5.82 Å². The van der Waals surface area contributed by atoms with E-state index in [1.165, 1.54) is 21.9 Å². The fourth-order valence-electron chi connectivity index (χ4n) is 6.65. The van der Waals surface area contributed by atoms with Crippen LogP contribution in [0.25, 0.3) is 5.82 Å². The highest BCUT2D eigenvalue weighted by Crippen LogP contribution is 2.63. The van der Waals surface area contributed by atoms with Crippen molar-refractivity contribution in [3.05, 3.63) is 137 Å². The lowest BCUT2D eigenvalue weighted by Gasteiger charge is -2.37. The Labute approximate surface area is 278 Å². The molecule has 2 aliphatic rings. The molecule has 3 unspecified atom stereocenters. The molecule has 3 heterocycles. The number of aromatic nitrogens is 5. The van der Waals surface area contributed by atoms with Crippen LogP contribution >= 0.6 is 0 Å². The van der Waals surface area contributed by atoms with Crippen molar-refractivity contribution < 1.29 is 23.7 Å². The maximum atomic E-state index is 13.5. The minimum atomic E-state index is -1.06. The molecule has 1 spiro atoms. The normalized spacial score (nSPS) is 19.8. The topological polar surface area (TPSA) is 120 Å². The number of ether oxygens (including phenoxy) is 4. The predicted octanol–water partition coefficient (Wildman–Crippen LogP) is 5.09. The summed E-state index contributed by atoms with van der Waals surface area (Å²) in [6, 6.07) is 29.5. The molecule has 0 N–H and O–H groups in total. The molecule has 2 fully saturated rings. The monoisotopic (exact) mass is 647 g/mol. The lowest BCUT2D eigenvalue weighted by molar-refractivity contribution is -0.161. The minimum Gasteiger partial charge on any atom is -0.497 e. The molecule has 1 saturated carbocycles. The fourth-order valence-corrected chi connectivity index (χ4v) is 6.65. The van der Waals surface area contributed by atoms with Gasteiger partial charge in [-0.25, -0.2) is 14.5 Å². The Bertz CT molecular complexity index is 1870. The molecule has 1 saturated heterocycles. The third-order valence-corrected chi connectivity index (χ3v) is 9.28. The van der Waals surface area contributed by atoms with Gasteiger partial charge in [0, 0.05) is 6.20 Å². The van der Waals surface area contributed by atoms with E-state index in [9.17, 15) is 9.59 Å². The second-order valence-corrected chi connectivity index (χ2v) is 12.5. The zero-order valence-electron chi connectivity index (χ0n) is 27.0. The maximum absolute atomic E-state index is 13.5. The van der Waals surface area contributed by atoms with Gasteiger partial charge in [-0.2, -0.15) is 10.1 Å². The van der Waals surface area contributed by atoms with Crippen LogP contribution < -0.4 is 10.4 Å². The summed E-state index contributed by atoms with van der Waals surface area (Å²) in [6.07, 6.45) is 3.87. The van der Waals surface area contributed by atoms with Crippen LogP contribution in [0.15, 0.2) is 115 Å². The van der Waals surface area contributed by atoms with Gasteiger partial charge in [0.25, 0.3) is 0 Å². The molecule has 7 rings (SSSR count). The van der Waals surface area contributed by atoms with E-state index in [-0.39, 0.29) is 18.5 Å². The number of esters is 1. The zero-order chi connectivity index (χ0) is 33.3. The van der Waals surface area contributed by atoms with Crippen LogP contribution in [0.1, 0.15) is 49.6 Å². The van der Waals surface area contributed by atoms with E-state index in [1.807, 2.05) is 84.9 Å². The van der Waals surface area contributed by atoms with Gasteiger partial charge in [-0.05, 0) is 47.7 Å². The molecule has 0 bridgehead atoms. The molecular weight excluding hydrogens is 610 g/mol. The maximum Gasteiger partial charge on any atom is 0.351 e. The third-order valence-electron chi connectivity index (χ3n) is 9.28. The molecule has 1 aliphatic carbocycles. The summed E-state index contributed by atoms with van der Waals surface area (Å²) in [7, 11) is 1.64. The van der Waals surface area contributed by atoms with Crippen LogP contribution in [-0.4, -0.2) is 56.2 Å². The van der Waals surface area contributed by atoms with E-state index in [2.05, 4.69) is 15.1 Å². The Balaban J connectivity index is 1.29. The minimum absolute atomic E-state index is 0.0589. The van der Waals surface area contributed by atoms with Crippen molar-refractivity contribution in [2.24, 2.45) is 11.3 Å². The molecule has 2 aromatic heterocycles. The van der Waals surface area contributed by atoms with Crippen LogP contribution in [0, 0.1) is 11.3 Å². The van der Waals surface area contributed by atoms with Crippen molar-refractivity contribution in [2.75, 3.05) is 13.7 Å². The van der Waals surface area contributed by atoms with Crippen molar-refractivity contribution in [1.29, 1.82) is 0 Å². The molecular formula is C37H37N5O6. The number of benzene rings is 3. The summed E-state index contributed by atoms with van der Waals surface area (Å²) in [4.78, 5) is 34.8. The van der Waals surface area contributed by atoms with Gasteiger partial charge in [0.2, 0.25) is 0 Å². The highest BCUT2D eigenvalue weighted by molar-refractivity contribution is 5.72.